The quantitative estimate of drug-likeness (QED) is 0.620. The molecule has 0 amide bonds. The number of Topliss-reactive ketones (excluding diaryl/α,β-unsaturated/α-hetero) is 1. The normalized spacial score (nSPS) is 10.2. The first kappa shape index (κ1) is 15.3. The summed E-state index contributed by atoms with van der Waals surface area (Å²) in [6.45, 7) is -0.545. The van der Waals surface area contributed by atoms with Gasteiger partial charge in [-0.1, -0.05) is 15.9 Å². The van der Waals surface area contributed by atoms with Gasteiger partial charge in [0.1, 0.15) is 11.6 Å². The van der Waals surface area contributed by atoms with Crippen molar-refractivity contribution in [2.24, 2.45) is 0 Å². The summed E-state index contributed by atoms with van der Waals surface area (Å²) < 4.78 is 31.5. The van der Waals surface area contributed by atoms with Gasteiger partial charge in [0.2, 0.25) is 0 Å². The van der Waals surface area contributed by atoms with Crippen LogP contribution in [0.25, 0.3) is 0 Å². The fourth-order valence-corrected chi connectivity index (χ4v) is 1.94. The van der Waals surface area contributed by atoms with E-state index in [-0.39, 0.29) is 11.1 Å². The van der Waals surface area contributed by atoms with Crippen molar-refractivity contribution in [3.63, 3.8) is 0 Å². The van der Waals surface area contributed by atoms with Crippen LogP contribution in [0.2, 0.25) is 0 Å². The van der Waals surface area contributed by atoms with E-state index in [1.807, 2.05) is 0 Å². The van der Waals surface area contributed by atoms with Crippen molar-refractivity contribution in [1.82, 2.24) is 0 Å². The molecule has 3 nitrogen and oxygen atoms in total. The second-order valence-corrected chi connectivity index (χ2v) is 5.05. The average Bonchev–Trinajstić information content (AvgIpc) is 2.47. The number of hydrogen-bond acceptors (Lipinski definition) is 3. The van der Waals surface area contributed by atoms with E-state index in [4.69, 9.17) is 4.74 Å². The van der Waals surface area contributed by atoms with Gasteiger partial charge in [-0.25, -0.2) is 13.6 Å². The van der Waals surface area contributed by atoms with Crippen LogP contribution in [0.15, 0.2) is 46.9 Å². The van der Waals surface area contributed by atoms with Crippen molar-refractivity contribution in [1.29, 1.82) is 0 Å². The third-order valence-electron chi connectivity index (χ3n) is 2.65. The highest BCUT2D eigenvalue weighted by Gasteiger charge is 2.16. The molecule has 0 spiro atoms. The molecule has 6 heteroatoms. The summed E-state index contributed by atoms with van der Waals surface area (Å²) in [5, 5.41) is 0. The summed E-state index contributed by atoms with van der Waals surface area (Å²) in [5.74, 6) is -2.65. The highest BCUT2D eigenvalue weighted by Crippen LogP contribution is 2.16. The number of halogens is 3. The standard InChI is InChI=1S/C15H9BrF2O3/c16-10-3-6-13(18)12(7-10)15(20)21-8-14(19)9-1-4-11(17)5-2-9/h1-7H,8H2. The molecule has 0 atom stereocenters. The monoisotopic (exact) mass is 354 g/mol. The molecular formula is C15H9BrF2O3. The molecule has 0 heterocycles. The maximum absolute atomic E-state index is 13.5. The lowest BCUT2D eigenvalue weighted by Gasteiger charge is -2.06. The number of ether oxygens (including phenoxy) is 1. The van der Waals surface area contributed by atoms with Gasteiger partial charge in [0.15, 0.2) is 12.4 Å². The Morgan fingerprint density at radius 1 is 1.05 bits per heavy atom. The van der Waals surface area contributed by atoms with E-state index in [9.17, 15) is 18.4 Å². The molecule has 0 aliphatic rings. The lowest BCUT2D eigenvalue weighted by atomic mass is 10.1. The van der Waals surface area contributed by atoms with Gasteiger partial charge in [-0.2, -0.15) is 0 Å². The lowest BCUT2D eigenvalue weighted by Crippen LogP contribution is -2.15. The van der Waals surface area contributed by atoms with Crippen LogP contribution in [0.4, 0.5) is 8.78 Å². The second kappa shape index (κ2) is 6.58. The zero-order valence-electron chi connectivity index (χ0n) is 10.6. The number of hydrogen-bond donors (Lipinski definition) is 0. The smallest absolute Gasteiger partial charge is 0.341 e. The number of rotatable bonds is 4. The summed E-state index contributed by atoms with van der Waals surface area (Å²) in [6.07, 6.45) is 0. The molecule has 0 aliphatic heterocycles. The van der Waals surface area contributed by atoms with Crippen molar-refractivity contribution in [3.05, 3.63) is 69.7 Å². The molecule has 0 aliphatic carbocycles. The van der Waals surface area contributed by atoms with E-state index < -0.39 is 30.0 Å². The van der Waals surface area contributed by atoms with Gasteiger partial charge >= 0.3 is 5.97 Å². The molecule has 21 heavy (non-hydrogen) atoms. The summed E-state index contributed by atoms with van der Waals surface area (Å²) in [5.41, 5.74) is -0.0600. The minimum absolute atomic E-state index is 0.207. The minimum Gasteiger partial charge on any atom is -0.454 e. The van der Waals surface area contributed by atoms with E-state index >= 15 is 0 Å². The van der Waals surface area contributed by atoms with Crippen LogP contribution in [0.3, 0.4) is 0 Å². The highest BCUT2D eigenvalue weighted by atomic mass is 79.9. The predicted molar refractivity (Wildman–Crippen MR) is 75.1 cm³/mol. The van der Waals surface area contributed by atoms with Crippen LogP contribution in [0.1, 0.15) is 20.7 Å². The Hall–Kier alpha value is -2.08. The van der Waals surface area contributed by atoms with Gasteiger partial charge in [-0.15, -0.1) is 0 Å². The van der Waals surface area contributed by atoms with Gasteiger partial charge in [0, 0.05) is 10.0 Å². The Balaban J connectivity index is 2.02. The molecule has 2 aromatic rings. The van der Waals surface area contributed by atoms with Crippen LogP contribution in [-0.4, -0.2) is 18.4 Å². The van der Waals surface area contributed by atoms with Crippen molar-refractivity contribution in [2.45, 2.75) is 0 Å². The van der Waals surface area contributed by atoms with Crippen LogP contribution in [-0.2, 0) is 4.74 Å². The van der Waals surface area contributed by atoms with Crippen molar-refractivity contribution >= 4 is 27.7 Å². The first-order chi connectivity index (χ1) is 9.97. The maximum Gasteiger partial charge on any atom is 0.341 e. The van der Waals surface area contributed by atoms with E-state index in [2.05, 4.69) is 15.9 Å². The molecule has 0 unspecified atom stereocenters. The molecule has 0 bridgehead atoms. The van der Waals surface area contributed by atoms with Gasteiger partial charge < -0.3 is 4.74 Å². The number of carbonyl (C=O) groups excluding carboxylic acids is 2. The van der Waals surface area contributed by atoms with Gasteiger partial charge in [0.25, 0.3) is 0 Å². The molecular weight excluding hydrogens is 346 g/mol. The van der Waals surface area contributed by atoms with E-state index in [1.54, 1.807) is 0 Å². The van der Waals surface area contributed by atoms with Crippen molar-refractivity contribution in [3.8, 4) is 0 Å². The first-order valence-corrected chi connectivity index (χ1v) is 6.67. The zero-order chi connectivity index (χ0) is 15.4. The van der Waals surface area contributed by atoms with E-state index in [1.165, 1.54) is 24.3 Å². The molecule has 0 N–H and O–H groups in total. The van der Waals surface area contributed by atoms with E-state index in [0.717, 1.165) is 18.2 Å². The Labute approximate surface area is 127 Å². The summed E-state index contributed by atoms with van der Waals surface area (Å²) in [7, 11) is 0. The third-order valence-corrected chi connectivity index (χ3v) is 3.14. The molecule has 0 radical (unpaired) electrons. The molecule has 108 valence electrons. The molecule has 2 rings (SSSR count). The molecule has 0 saturated carbocycles. The van der Waals surface area contributed by atoms with Crippen molar-refractivity contribution < 1.29 is 23.1 Å². The minimum atomic E-state index is -0.940. The van der Waals surface area contributed by atoms with E-state index in [0.29, 0.717) is 4.47 Å². The Morgan fingerprint density at radius 3 is 2.38 bits per heavy atom. The van der Waals surface area contributed by atoms with Crippen LogP contribution in [0.5, 0.6) is 0 Å². The van der Waals surface area contributed by atoms with Crippen LogP contribution >= 0.6 is 15.9 Å². The van der Waals surface area contributed by atoms with Crippen LogP contribution < -0.4 is 0 Å². The van der Waals surface area contributed by atoms with Gasteiger partial charge in [-0.3, -0.25) is 4.79 Å². The summed E-state index contributed by atoms with van der Waals surface area (Å²) in [4.78, 5) is 23.5. The average molecular weight is 355 g/mol. The third kappa shape index (κ3) is 3.95. The SMILES string of the molecule is O=C(COC(=O)c1cc(Br)ccc1F)c1ccc(F)cc1. The van der Waals surface area contributed by atoms with Crippen LogP contribution in [0, 0.1) is 11.6 Å². The number of ketones is 1. The largest absolute Gasteiger partial charge is 0.454 e. The molecule has 0 aromatic heterocycles. The second-order valence-electron chi connectivity index (χ2n) is 4.13. The fourth-order valence-electron chi connectivity index (χ4n) is 1.58. The number of esters is 1. The topological polar surface area (TPSA) is 43.4 Å². The Morgan fingerprint density at radius 2 is 1.71 bits per heavy atom. The molecule has 2 aromatic carbocycles. The Bertz CT molecular complexity index is 684. The van der Waals surface area contributed by atoms with Crippen molar-refractivity contribution in [2.75, 3.05) is 6.61 Å². The highest BCUT2D eigenvalue weighted by molar-refractivity contribution is 9.10. The summed E-state index contributed by atoms with van der Waals surface area (Å²) in [6, 6.07) is 8.64. The van der Waals surface area contributed by atoms with Gasteiger partial charge in [0.05, 0.1) is 5.56 Å². The predicted octanol–water partition coefficient (Wildman–Crippen LogP) is 3.77. The lowest BCUT2D eigenvalue weighted by molar-refractivity contribution is 0.0470. The molecule has 0 fully saturated rings. The first-order valence-electron chi connectivity index (χ1n) is 5.88. The number of benzene rings is 2. The Kier molecular flexibility index (Phi) is 4.80. The zero-order valence-corrected chi connectivity index (χ0v) is 12.2. The number of carbonyl (C=O) groups is 2. The fraction of sp³-hybridized carbons (Fsp3) is 0.0667. The molecule has 0 saturated heterocycles. The maximum atomic E-state index is 13.5. The van der Waals surface area contributed by atoms with Gasteiger partial charge in [-0.05, 0) is 42.5 Å². The summed E-state index contributed by atoms with van der Waals surface area (Å²) >= 11 is 3.11.